The highest BCUT2D eigenvalue weighted by Gasteiger charge is 2.30. The maximum Gasteiger partial charge on any atom is 0.258 e. The summed E-state index contributed by atoms with van der Waals surface area (Å²) in [5, 5.41) is 6.29. The van der Waals surface area contributed by atoms with Crippen LogP contribution in [0.15, 0.2) is 77.7 Å². The highest BCUT2D eigenvalue weighted by atomic mass is 32.2. The van der Waals surface area contributed by atoms with Gasteiger partial charge in [0.1, 0.15) is 0 Å². The van der Waals surface area contributed by atoms with Crippen molar-refractivity contribution in [3.8, 4) is 0 Å². The minimum Gasteiger partial charge on any atom is -0.354 e. The zero-order valence-corrected chi connectivity index (χ0v) is 20.6. The molecular weight excluding hydrogens is 474 g/mol. The van der Waals surface area contributed by atoms with Crippen molar-refractivity contribution in [3.63, 3.8) is 0 Å². The molecule has 9 heteroatoms. The molecule has 0 unspecified atom stereocenters. The molecule has 0 aromatic heterocycles. The van der Waals surface area contributed by atoms with Crippen molar-refractivity contribution in [3.05, 3.63) is 89.5 Å². The van der Waals surface area contributed by atoms with Crippen LogP contribution in [0.4, 0.5) is 11.4 Å². The van der Waals surface area contributed by atoms with Gasteiger partial charge in [0.25, 0.3) is 5.91 Å². The van der Waals surface area contributed by atoms with Crippen LogP contribution in [0.3, 0.4) is 0 Å². The lowest BCUT2D eigenvalue weighted by atomic mass is 10.00. The van der Waals surface area contributed by atoms with Crippen molar-refractivity contribution in [1.82, 2.24) is 9.62 Å². The molecule has 0 bridgehead atoms. The zero-order chi connectivity index (χ0) is 25.1. The van der Waals surface area contributed by atoms with Gasteiger partial charge in [-0.2, -0.15) is 4.72 Å². The molecule has 186 valence electrons. The van der Waals surface area contributed by atoms with Crippen molar-refractivity contribution in [2.24, 2.45) is 5.73 Å². The quantitative estimate of drug-likeness (QED) is 0.277. The number of benzene rings is 3. The second kappa shape index (κ2) is 10.2. The van der Waals surface area contributed by atoms with E-state index in [9.17, 15) is 13.2 Å². The van der Waals surface area contributed by atoms with Crippen molar-refractivity contribution in [2.45, 2.75) is 24.3 Å². The number of carbonyl (C=O) groups excluding carboxylic acids is 1. The number of hydrogen-bond acceptors (Lipinski definition) is 6. The minimum absolute atomic E-state index is 0.0411. The average Bonchev–Trinajstić information content (AvgIpc) is 3.50. The van der Waals surface area contributed by atoms with Gasteiger partial charge in [-0.15, -0.1) is 0 Å². The summed E-state index contributed by atoms with van der Waals surface area (Å²) in [4.78, 5) is 15.7. The monoisotopic (exact) mass is 503 g/mol. The zero-order valence-electron chi connectivity index (χ0n) is 19.8. The molecule has 0 atom stereocenters. The minimum atomic E-state index is -3.80. The number of nitrogens with zero attached hydrogens (tertiary/aromatic N) is 1. The lowest BCUT2D eigenvalue weighted by molar-refractivity contribution is -0.110. The summed E-state index contributed by atoms with van der Waals surface area (Å²) in [5.41, 5.74) is 10.3. The summed E-state index contributed by atoms with van der Waals surface area (Å²) in [6.07, 6.45) is 2.50. The number of nitrogens with one attached hydrogen (secondary N) is 3. The van der Waals surface area contributed by atoms with Gasteiger partial charge < -0.3 is 16.4 Å². The molecule has 1 fully saturated rings. The van der Waals surface area contributed by atoms with Gasteiger partial charge in [-0.1, -0.05) is 42.5 Å². The van der Waals surface area contributed by atoms with E-state index in [0.29, 0.717) is 22.5 Å². The molecule has 0 radical (unpaired) electrons. The van der Waals surface area contributed by atoms with E-state index in [1.807, 2.05) is 42.5 Å². The maximum absolute atomic E-state index is 13.2. The second-order valence-electron chi connectivity index (χ2n) is 8.93. The number of fused-ring (bicyclic) bond motifs is 1. The molecule has 2 aliphatic heterocycles. The van der Waals surface area contributed by atoms with Crippen LogP contribution in [0.25, 0.3) is 11.3 Å². The van der Waals surface area contributed by atoms with Gasteiger partial charge in [0.05, 0.1) is 22.8 Å². The summed E-state index contributed by atoms with van der Waals surface area (Å²) in [7, 11) is -3.80. The Morgan fingerprint density at radius 1 is 0.972 bits per heavy atom. The van der Waals surface area contributed by atoms with E-state index in [0.717, 1.165) is 30.9 Å². The lowest BCUT2D eigenvalue weighted by Crippen LogP contribution is -2.29. The highest BCUT2D eigenvalue weighted by molar-refractivity contribution is 7.89. The number of hydrogen-bond donors (Lipinski definition) is 4. The summed E-state index contributed by atoms with van der Waals surface area (Å²) in [5.74, 6) is -0.302. The van der Waals surface area contributed by atoms with E-state index in [1.54, 1.807) is 6.07 Å². The SMILES string of the molecule is NCNS(=O)(=O)c1ccc2c(c1)/C(=C(/Nc1ccc(CN3CCCC3)cc1)c1ccccc1)C(=O)N2. The molecule has 3 aromatic rings. The third-order valence-electron chi connectivity index (χ3n) is 6.46. The van der Waals surface area contributed by atoms with Crippen LogP contribution < -0.4 is 21.1 Å². The van der Waals surface area contributed by atoms with Gasteiger partial charge >= 0.3 is 0 Å². The molecule has 0 aliphatic carbocycles. The fourth-order valence-corrected chi connectivity index (χ4v) is 5.58. The number of anilines is 2. The van der Waals surface area contributed by atoms with E-state index in [2.05, 4.69) is 32.4 Å². The van der Waals surface area contributed by atoms with Crippen LogP contribution in [0.5, 0.6) is 0 Å². The fraction of sp³-hybridized carbons (Fsp3) is 0.222. The van der Waals surface area contributed by atoms with Crippen LogP contribution in [-0.4, -0.2) is 39.0 Å². The van der Waals surface area contributed by atoms with Crippen molar-refractivity contribution in [2.75, 3.05) is 30.4 Å². The van der Waals surface area contributed by atoms with Gasteiger partial charge in [0.15, 0.2) is 0 Å². The van der Waals surface area contributed by atoms with E-state index >= 15 is 0 Å². The van der Waals surface area contributed by atoms with E-state index < -0.39 is 10.0 Å². The van der Waals surface area contributed by atoms with Gasteiger partial charge in [-0.25, -0.2) is 8.42 Å². The molecule has 2 heterocycles. The molecule has 5 rings (SSSR count). The number of amides is 1. The van der Waals surface area contributed by atoms with Gasteiger partial charge in [0.2, 0.25) is 10.0 Å². The molecule has 1 saturated heterocycles. The summed E-state index contributed by atoms with van der Waals surface area (Å²) in [6.45, 7) is 2.98. The third kappa shape index (κ3) is 5.05. The van der Waals surface area contributed by atoms with Gasteiger partial charge in [-0.3, -0.25) is 9.69 Å². The van der Waals surface area contributed by atoms with Crippen LogP contribution in [0.1, 0.15) is 29.5 Å². The Hall–Kier alpha value is -3.50. The van der Waals surface area contributed by atoms with E-state index in [4.69, 9.17) is 5.73 Å². The Kier molecular flexibility index (Phi) is 6.88. The number of carbonyl (C=O) groups is 1. The Morgan fingerprint density at radius 3 is 2.39 bits per heavy atom. The first-order valence-electron chi connectivity index (χ1n) is 12.0. The van der Waals surface area contributed by atoms with Crippen LogP contribution >= 0.6 is 0 Å². The summed E-state index contributed by atoms with van der Waals surface area (Å²) >= 11 is 0. The second-order valence-corrected chi connectivity index (χ2v) is 10.7. The highest BCUT2D eigenvalue weighted by Crippen LogP contribution is 2.38. The van der Waals surface area contributed by atoms with Crippen molar-refractivity contribution < 1.29 is 13.2 Å². The topological polar surface area (TPSA) is 117 Å². The summed E-state index contributed by atoms with van der Waals surface area (Å²) in [6, 6.07) is 22.3. The van der Waals surface area contributed by atoms with Crippen LogP contribution in [0, 0.1) is 0 Å². The first-order valence-corrected chi connectivity index (χ1v) is 13.5. The van der Waals surface area contributed by atoms with E-state index in [-0.39, 0.29) is 17.5 Å². The average molecular weight is 504 g/mol. The molecule has 8 nitrogen and oxygen atoms in total. The predicted octanol–water partition coefficient (Wildman–Crippen LogP) is 3.41. The Bertz CT molecular complexity index is 1400. The first-order chi connectivity index (χ1) is 17.4. The third-order valence-corrected chi connectivity index (χ3v) is 7.88. The summed E-state index contributed by atoms with van der Waals surface area (Å²) < 4.78 is 27.4. The molecule has 0 spiro atoms. The maximum atomic E-state index is 13.2. The number of nitrogens with two attached hydrogens (primary N) is 1. The lowest BCUT2D eigenvalue weighted by Gasteiger charge is -2.17. The van der Waals surface area contributed by atoms with Crippen LogP contribution in [-0.2, 0) is 21.4 Å². The Labute approximate surface area is 211 Å². The van der Waals surface area contributed by atoms with Crippen LogP contribution in [0.2, 0.25) is 0 Å². The molecule has 2 aliphatic rings. The molecule has 3 aromatic carbocycles. The molecule has 1 amide bonds. The van der Waals surface area contributed by atoms with Gasteiger partial charge in [-0.05, 0) is 67.4 Å². The Balaban J connectivity index is 1.54. The van der Waals surface area contributed by atoms with Crippen molar-refractivity contribution in [1.29, 1.82) is 0 Å². The number of sulfonamides is 1. The molecule has 5 N–H and O–H groups in total. The Morgan fingerprint density at radius 2 is 1.69 bits per heavy atom. The number of likely N-dealkylation sites (tertiary alicyclic amines) is 1. The number of rotatable bonds is 8. The fourth-order valence-electron chi connectivity index (χ4n) is 4.68. The first kappa shape index (κ1) is 24.2. The predicted molar refractivity (Wildman–Crippen MR) is 142 cm³/mol. The molecule has 36 heavy (non-hydrogen) atoms. The standard InChI is InChI=1S/C27H29N5O3S/c28-18-29-36(34,35)22-12-13-24-23(16-22)25(27(33)31-24)26(20-6-2-1-3-7-20)30-21-10-8-19(9-11-21)17-32-14-4-5-15-32/h1-3,6-13,16,29-30H,4-5,14-15,17-18,28H2,(H,31,33)/b26-25-. The molecule has 0 saturated carbocycles. The normalized spacial score (nSPS) is 17.1. The largest absolute Gasteiger partial charge is 0.354 e. The van der Waals surface area contributed by atoms with E-state index in [1.165, 1.54) is 30.5 Å². The van der Waals surface area contributed by atoms with Gasteiger partial charge in [0, 0.05) is 23.5 Å². The smallest absolute Gasteiger partial charge is 0.258 e. The molecular formula is C27H29N5O3S. The van der Waals surface area contributed by atoms with Crippen molar-refractivity contribution >= 4 is 38.6 Å².